The molecule has 0 radical (unpaired) electrons. The van der Waals surface area contributed by atoms with E-state index in [9.17, 15) is 22.8 Å². The number of carboxylic acid groups (broad SMARTS) is 1. The zero-order chi connectivity index (χ0) is 29.6. The summed E-state index contributed by atoms with van der Waals surface area (Å²) in [6, 6.07) is 13.1. The first-order chi connectivity index (χ1) is 19.5. The minimum absolute atomic E-state index is 0.0217. The summed E-state index contributed by atoms with van der Waals surface area (Å²) < 4.78 is 37.0. The fourth-order valence-electron chi connectivity index (χ4n) is 4.09. The zero-order valence-corrected chi connectivity index (χ0v) is 21.9. The summed E-state index contributed by atoms with van der Waals surface area (Å²) in [6.45, 7) is 3.06. The van der Waals surface area contributed by atoms with Crippen LogP contribution in [0.5, 0.6) is 0 Å². The minimum Gasteiger partial charge on any atom is -0.475 e. The first-order valence-electron chi connectivity index (χ1n) is 12.5. The summed E-state index contributed by atoms with van der Waals surface area (Å²) in [6.07, 6.45) is -0.836. The van der Waals surface area contributed by atoms with Gasteiger partial charge in [0.05, 0.1) is 25.0 Å². The minimum atomic E-state index is -5.08. The lowest BCUT2D eigenvalue weighted by Gasteiger charge is -2.26. The topological polar surface area (TPSA) is 140 Å². The molecule has 1 aromatic carbocycles. The van der Waals surface area contributed by atoms with E-state index in [-0.39, 0.29) is 11.8 Å². The molecule has 2 aromatic heterocycles. The van der Waals surface area contributed by atoms with Crippen LogP contribution in [0.25, 0.3) is 11.3 Å². The number of aliphatic carboxylic acids is 1. The molecule has 0 unspecified atom stereocenters. The average Bonchev–Trinajstić information content (AvgIpc) is 3.42. The predicted octanol–water partition coefficient (Wildman–Crippen LogP) is 2.94. The summed E-state index contributed by atoms with van der Waals surface area (Å²) in [4.78, 5) is 43.1. The Labute approximate surface area is 232 Å². The number of aromatic nitrogens is 2. The lowest BCUT2D eigenvalue weighted by Crippen LogP contribution is -2.40. The zero-order valence-electron chi connectivity index (χ0n) is 21.9. The number of amides is 2. The number of morpholine rings is 1. The van der Waals surface area contributed by atoms with Crippen molar-refractivity contribution in [3.8, 4) is 11.3 Å². The molecule has 0 saturated carbocycles. The van der Waals surface area contributed by atoms with Crippen LogP contribution in [-0.2, 0) is 16.0 Å². The molecule has 4 heterocycles. The van der Waals surface area contributed by atoms with Gasteiger partial charge >= 0.3 is 12.1 Å². The van der Waals surface area contributed by atoms with E-state index in [1.54, 1.807) is 17.4 Å². The van der Waals surface area contributed by atoms with Gasteiger partial charge in [0, 0.05) is 61.8 Å². The number of benzene rings is 1. The van der Waals surface area contributed by atoms with Crippen molar-refractivity contribution in [1.29, 1.82) is 0 Å². The average molecular weight is 573 g/mol. The summed E-state index contributed by atoms with van der Waals surface area (Å²) >= 11 is 0. The molecule has 14 heteroatoms. The number of halogens is 3. The molecule has 1 fully saturated rings. The number of ether oxygens (including phenoxy) is 1. The number of hydrogen-bond acceptors (Lipinski definition) is 7. The van der Waals surface area contributed by atoms with Gasteiger partial charge in [0.2, 0.25) is 0 Å². The van der Waals surface area contributed by atoms with Crippen LogP contribution in [0.4, 0.5) is 19.0 Å². The van der Waals surface area contributed by atoms with Gasteiger partial charge in [-0.15, -0.1) is 0 Å². The number of carbonyl (C=O) groups excluding carboxylic acids is 2. The van der Waals surface area contributed by atoms with E-state index in [0.29, 0.717) is 49.8 Å². The number of fused-ring (bicyclic) bond motifs is 1. The van der Waals surface area contributed by atoms with E-state index in [0.717, 1.165) is 28.9 Å². The van der Waals surface area contributed by atoms with Gasteiger partial charge in [-0.05, 0) is 35.9 Å². The van der Waals surface area contributed by atoms with Gasteiger partial charge in [-0.2, -0.15) is 18.3 Å². The van der Waals surface area contributed by atoms with E-state index in [4.69, 9.17) is 14.6 Å². The summed E-state index contributed by atoms with van der Waals surface area (Å²) in [5.74, 6) is -2.11. The number of carbonyl (C=O) groups is 3. The third kappa shape index (κ3) is 7.48. The molecule has 2 aliphatic rings. The second-order valence-electron chi connectivity index (χ2n) is 9.08. The number of rotatable bonds is 5. The van der Waals surface area contributed by atoms with Crippen molar-refractivity contribution in [1.82, 2.24) is 20.2 Å². The lowest BCUT2D eigenvalue weighted by molar-refractivity contribution is -0.192. The molecule has 2 aliphatic heterocycles. The monoisotopic (exact) mass is 572 g/mol. The molecule has 0 aliphatic carbocycles. The van der Waals surface area contributed by atoms with Crippen molar-refractivity contribution in [2.24, 2.45) is 5.10 Å². The van der Waals surface area contributed by atoms with E-state index in [2.05, 4.69) is 20.4 Å². The molecular formula is C27H27F3N6O5. The highest BCUT2D eigenvalue weighted by Gasteiger charge is 2.38. The van der Waals surface area contributed by atoms with Gasteiger partial charge < -0.3 is 25.0 Å². The Balaban J connectivity index is 0.000000493. The number of hydrogen-bond donors (Lipinski definition) is 3. The fraction of sp³-hybridized carbons (Fsp3) is 0.296. The Bertz CT molecular complexity index is 1430. The maximum Gasteiger partial charge on any atom is 0.490 e. The van der Waals surface area contributed by atoms with Crippen LogP contribution in [0.3, 0.4) is 0 Å². The van der Waals surface area contributed by atoms with Crippen LogP contribution in [0.1, 0.15) is 32.0 Å². The standard InChI is InChI=1S/C25H26N6O3.C2HF3O2/c1-30(28-16-17-2-4-18(5-3-17)25(33)31-10-12-34-13-11-31)23-14-19(6-8-26-23)22-15-20-21(29-22)7-9-27-24(20)32;3-2(4,5)1(6)7/h2-6,8,14-16,29H,7,9-13H2,1H3,(H,27,32);(H,6,7). The number of aromatic amines is 1. The molecule has 2 amide bonds. The van der Waals surface area contributed by atoms with E-state index in [1.165, 1.54) is 0 Å². The molecule has 216 valence electrons. The molecule has 0 bridgehead atoms. The normalized spacial score (nSPS) is 15.0. The molecule has 5 rings (SSSR count). The largest absolute Gasteiger partial charge is 0.490 e. The summed E-state index contributed by atoms with van der Waals surface area (Å²) in [5.41, 5.74) is 5.00. The molecule has 3 aromatic rings. The van der Waals surface area contributed by atoms with Gasteiger partial charge in [0.15, 0.2) is 0 Å². The predicted molar refractivity (Wildman–Crippen MR) is 143 cm³/mol. The second-order valence-corrected chi connectivity index (χ2v) is 9.08. The highest BCUT2D eigenvalue weighted by molar-refractivity contribution is 5.98. The van der Waals surface area contributed by atoms with Crippen molar-refractivity contribution < 1.29 is 37.4 Å². The first kappa shape index (κ1) is 29.3. The SMILES string of the molecule is CN(N=Cc1ccc(C(=O)N2CCOCC2)cc1)c1cc(-c2cc3c([nH]2)CCNC3=O)ccn1.O=C(O)C(F)(F)F. The number of nitrogens with one attached hydrogen (secondary N) is 2. The van der Waals surface area contributed by atoms with Gasteiger partial charge in [0.25, 0.3) is 11.8 Å². The number of alkyl halides is 3. The maximum absolute atomic E-state index is 12.6. The van der Waals surface area contributed by atoms with Gasteiger partial charge in [-0.1, -0.05) is 12.1 Å². The second kappa shape index (κ2) is 12.6. The highest BCUT2D eigenvalue weighted by atomic mass is 19.4. The Morgan fingerprint density at radius 1 is 1.15 bits per heavy atom. The fourth-order valence-corrected chi connectivity index (χ4v) is 4.09. The van der Waals surface area contributed by atoms with Crippen molar-refractivity contribution in [2.75, 3.05) is 44.9 Å². The number of pyridine rings is 1. The van der Waals surface area contributed by atoms with Crippen LogP contribution in [-0.4, -0.2) is 90.0 Å². The Hall–Kier alpha value is -4.72. The molecule has 3 N–H and O–H groups in total. The van der Waals surface area contributed by atoms with Crippen LogP contribution >= 0.6 is 0 Å². The highest BCUT2D eigenvalue weighted by Crippen LogP contribution is 2.26. The van der Waals surface area contributed by atoms with Crippen LogP contribution in [0, 0.1) is 0 Å². The molecule has 0 spiro atoms. The number of carboxylic acids is 1. The smallest absolute Gasteiger partial charge is 0.475 e. The number of anilines is 1. The molecule has 41 heavy (non-hydrogen) atoms. The van der Waals surface area contributed by atoms with Gasteiger partial charge in [-0.3, -0.25) is 14.6 Å². The lowest BCUT2D eigenvalue weighted by atomic mass is 10.1. The Morgan fingerprint density at radius 3 is 2.46 bits per heavy atom. The van der Waals surface area contributed by atoms with Gasteiger partial charge in [-0.25, -0.2) is 9.78 Å². The van der Waals surface area contributed by atoms with Crippen molar-refractivity contribution in [3.63, 3.8) is 0 Å². The Morgan fingerprint density at radius 2 is 1.83 bits per heavy atom. The van der Waals surface area contributed by atoms with E-state index >= 15 is 0 Å². The summed E-state index contributed by atoms with van der Waals surface area (Å²) in [7, 11) is 1.83. The summed E-state index contributed by atoms with van der Waals surface area (Å²) in [5, 5.41) is 16.2. The third-order valence-corrected chi connectivity index (χ3v) is 6.27. The molecule has 11 nitrogen and oxygen atoms in total. The van der Waals surface area contributed by atoms with E-state index < -0.39 is 12.1 Å². The van der Waals surface area contributed by atoms with Crippen molar-refractivity contribution >= 4 is 29.8 Å². The molecule has 0 atom stereocenters. The maximum atomic E-state index is 12.6. The third-order valence-electron chi connectivity index (χ3n) is 6.27. The quantitative estimate of drug-likeness (QED) is 0.316. The van der Waals surface area contributed by atoms with Crippen LogP contribution in [0.15, 0.2) is 53.8 Å². The van der Waals surface area contributed by atoms with E-state index in [1.807, 2.05) is 54.4 Å². The number of H-pyrrole nitrogens is 1. The van der Waals surface area contributed by atoms with Crippen LogP contribution in [0.2, 0.25) is 0 Å². The van der Waals surface area contributed by atoms with Gasteiger partial charge in [0.1, 0.15) is 5.82 Å². The van der Waals surface area contributed by atoms with Crippen molar-refractivity contribution in [3.05, 3.63) is 71.0 Å². The van der Waals surface area contributed by atoms with Crippen LogP contribution < -0.4 is 10.3 Å². The number of nitrogens with zero attached hydrogens (tertiary/aromatic N) is 4. The molecular weight excluding hydrogens is 545 g/mol. The molecule has 1 saturated heterocycles. The first-order valence-corrected chi connectivity index (χ1v) is 12.5. The number of hydrazone groups is 1. The van der Waals surface area contributed by atoms with Crippen molar-refractivity contribution in [2.45, 2.75) is 12.6 Å². The Kier molecular flexibility index (Phi) is 9.02.